The van der Waals surface area contributed by atoms with E-state index in [-0.39, 0.29) is 11.3 Å². The number of likely N-dealkylation sites (N-methyl/N-ethyl adjacent to an activating group) is 1. The van der Waals surface area contributed by atoms with E-state index in [2.05, 4.69) is 15.9 Å². The van der Waals surface area contributed by atoms with Crippen LogP contribution in [0.5, 0.6) is 0 Å². The second-order valence-corrected chi connectivity index (χ2v) is 10.1. The number of ether oxygens (including phenoxy) is 1. The van der Waals surface area contributed by atoms with Crippen molar-refractivity contribution in [3.05, 3.63) is 34.6 Å². The molecule has 1 aliphatic heterocycles. The van der Waals surface area contributed by atoms with Gasteiger partial charge < -0.3 is 9.64 Å². The van der Waals surface area contributed by atoms with Gasteiger partial charge in [0.15, 0.2) is 0 Å². The number of allylic oxidation sites excluding steroid dienone is 4. The molecular weight excluding hydrogens is 427 g/mol. The predicted octanol–water partition coefficient (Wildman–Crippen LogP) is 5.53. The third-order valence-electron chi connectivity index (χ3n) is 4.24. The van der Waals surface area contributed by atoms with Crippen molar-refractivity contribution in [2.24, 2.45) is 5.41 Å². The van der Waals surface area contributed by atoms with Crippen LogP contribution >= 0.6 is 15.9 Å². The van der Waals surface area contributed by atoms with Gasteiger partial charge in [0.2, 0.25) is 5.91 Å². The van der Waals surface area contributed by atoms with Crippen LogP contribution in [0.4, 0.5) is 9.18 Å². The summed E-state index contributed by atoms with van der Waals surface area (Å²) in [5.74, 6) is -0.120. The lowest BCUT2D eigenvalue weighted by Gasteiger charge is -2.39. The SMILES string of the molecule is C\C(=C/C=C(Br)\C=C\F)C[C@H]1C(=O)N(C)C(C(C)(C)C)N1C(=O)OC(C)(C)C. The molecule has 1 unspecified atom stereocenters. The van der Waals surface area contributed by atoms with E-state index in [1.807, 2.05) is 27.7 Å². The number of carbonyl (C=O) groups is 2. The Balaban J connectivity index is 3.25. The molecule has 1 rings (SSSR count). The van der Waals surface area contributed by atoms with E-state index in [0.29, 0.717) is 17.2 Å². The van der Waals surface area contributed by atoms with E-state index in [1.54, 1.807) is 49.8 Å². The van der Waals surface area contributed by atoms with Crippen LogP contribution in [0.2, 0.25) is 0 Å². The number of halogens is 2. The van der Waals surface area contributed by atoms with Crippen LogP contribution in [0.1, 0.15) is 54.9 Å². The summed E-state index contributed by atoms with van der Waals surface area (Å²) in [5, 5.41) is 0. The highest BCUT2D eigenvalue weighted by atomic mass is 79.9. The molecule has 5 nitrogen and oxygen atoms in total. The van der Waals surface area contributed by atoms with Gasteiger partial charge in [0.25, 0.3) is 0 Å². The fraction of sp³-hybridized carbons (Fsp3) is 0.619. The monoisotopic (exact) mass is 458 g/mol. The molecular formula is C21H32BrFN2O3. The van der Waals surface area contributed by atoms with Gasteiger partial charge in [0.1, 0.15) is 17.8 Å². The molecule has 7 heteroatoms. The number of rotatable bonds is 4. The zero-order chi connectivity index (χ0) is 21.9. The smallest absolute Gasteiger partial charge is 0.412 e. The van der Waals surface area contributed by atoms with Crippen molar-refractivity contribution in [1.29, 1.82) is 0 Å². The standard InChI is InChI=1S/C21H32BrFN2O3/c1-14(9-10-15(22)11-12-23)13-16-17(26)24(8)18(20(2,3)4)25(16)19(27)28-21(5,6)7/h9-12,16,18H,13H2,1-8H3/b12-11+,14-9+,15-10+/t16-,18?/m0/s1. The Hall–Kier alpha value is -1.63. The van der Waals surface area contributed by atoms with E-state index >= 15 is 0 Å². The normalized spacial score (nSPS) is 22.4. The van der Waals surface area contributed by atoms with E-state index in [1.165, 1.54) is 6.08 Å². The minimum atomic E-state index is -0.661. The highest BCUT2D eigenvalue weighted by Gasteiger charge is 2.52. The minimum absolute atomic E-state index is 0.120. The lowest BCUT2D eigenvalue weighted by Crippen LogP contribution is -2.52. The Labute approximate surface area is 176 Å². The van der Waals surface area contributed by atoms with E-state index in [4.69, 9.17) is 4.74 Å². The molecule has 0 bridgehead atoms. The van der Waals surface area contributed by atoms with Crippen LogP contribution in [-0.4, -0.2) is 46.7 Å². The topological polar surface area (TPSA) is 49.9 Å². The van der Waals surface area contributed by atoms with Gasteiger partial charge in [0.05, 0.1) is 6.33 Å². The number of hydrogen-bond donors (Lipinski definition) is 0. The van der Waals surface area contributed by atoms with Gasteiger partial charge >= 0.3 is 6.09 Å². The predicted molar refractivity (Wildman–Crippen MR) is 114 cm³/mol. The van der Waals surface area contributed by atoms with Gasteiger partial charge in [-0.3, -0.25) is 9.69 Å². The number of hydrogen-bond acceptors (Lipinski definition) is 3. The zero-order valence-corrected chi connectivity index (χ0v) is 19.6. The Morgan fingerprint density at radius 1 is 1.21 bits per heavy atom. The van der Waals surface area contributed by atoms with Crippen LogP contribution in [0.3, 0.4) is 0 Å². The summed E-state index contributed by atoms with van der Waals surface area (Å²) in [4.78, 5) is 29.2. The molecule has 0 aromatic carbocycles. The first-order valence-electron chi connectivity index (χ1n) is 9.26. The molecule has 0 saturated carbocycles. The van der Waals surface area contributed by atoms with Gasteiger partial charge in [-0.05, 0) is 46.3 Å². The number of amides is 2. The molecule has 1 fully saturated rings. The summed E-state index contributed by atoms with van der Waals surface area (Å²) >= 11 is 3.23. The van der Waals surface area contributed by atoms with Crippen LogP contribution in [0.25, 0.3) is 0 Å². The molecule has 0 aromatic heterocycles. The fourth-order valence-corrected chi connectivity index (χ4v) is 3.50. The third-order valence-corrected chi connectivity index (χ3v) is 4.77. The molecule has 0 radical (unpaired) electrons. The van der Waals surface area contributed by atoms with Crippen molar-refractivity contribution in [1.82, 2.24) is 9.80 Å². The summed E-state index contributed by atoms with van der Waals surface area (Å²) in [6.07, 6.45) is 4.68. The maximum atomic E-state index is 13.0. The van der Waals surface area contributed by atoms with Crippen molar-refractivity contribution >= 4 is 27.9 Å². The Kier molecular flexibility index (Phi) is 8.06. The van der Waals surface area contributed by atoms with E-state index < -0.39 is 23.9 Å². The largest absolute Gasteiger partial charge is 0.444 e. The Morgan fingerprint density at radius 3 is 2.25 bits per heavy atom. The third kappa shape index (κ3) is 6.47. The van der Waals surface area contributed by atoms with Gasteiger partial charge in [0, 0.05) is 16.9 Å². The van der Waals surface area contributed by atoms with Crippen LogP contribution in [-0.2, 0) is 9.53 Å². The highest BCUT2D eigenvalue weighted by molar-refractivity contribution is 9.11. The molecule has 0 aromatic rings. The molecule has 0 spiro atoms. The maximum Gasteiger partial charge on any atom is 0.412 e. The van der Waals surface area contributed by atoms with Crippen molar-refractivity contribution < 1.29 is 18.7 Å². The maximum absolute atomic E-state index is 13.0. The number of carbonyl (C=O) groups excluding carboxylic acids is 2. The zero-order valence-electron chi connectivity index (χ0n) is 18.0. The van der Waals surface area contributed by atoms with Crippen molar-refractivity contribution in [2.45, 2.75) is 72.7 Å². The van der Waals surface area contributed by atoms with Crippen molar-refractivity contribution in [2.75, 3.05) is 7.05 Å². The average molecular weight is 459 g/mol. The summed E-state index contributed by atoms with van der Waals surface area (Å²) in [7, 11) is 1.72. The second-order valence-electron chi connectivity index (χ2n) is 9.15. The van der Waals surface area contributed by atoms with Gasteiger partial charge in [-0.25, -0.2) is 9.18 Å². The van der Waals surface area contributed by atoms with Crippen LogP contribution < -0.4 is 0 Å². The molecule has 158 valence electrons. The number of nitrogens with zero attached hydrogens (tertiary/aromatic N) is 2. The Morgan fingerprint density at radius 2 is 1.79 bits per heavy atom. The first kappa shape index (κ1) is 24.4. The summed E-state index contributed by atoms with van der Waals surface area (Å²) in [6.45, 7) is 13.3. The molecule has 28 heavy (non-hydrogen) atoms. The molecule has 0 aliphatic carbocycles. The first-order chi connectivity index (χ1) is 12.7. The molecule has 1 saturated heterocycles. The average Bonchev–Trinajstić information content (AvgIpc) is 2.76. The lowest BCUT2D eigenvalue weighted by atomic mass is 9.91. The molecule has 2 amide bonds. The quantitative estimate of drug-likeness (QED) is 0.519. The van der Waals surface area contributed by atoms with Crippen LogP contribution in [0.15, 0.2) is 34.6 Å². The highest BCUT2D eigenvalue weighted by Crippen LogP contribution is 2.36. The van der Waals surface area contributed by atoms with Gasteiger partial charge in [-0.2, -0.15) is 0 Å². The van der Waals surface area contributed by atoms with Crippen molar-refractivity contribution in [3.63, 3.8) is 0 Å². The summed E-state index contributed by atoms with van der Waals surface area (Å²) < 4.78 is 18.4. The summed E-state index contributed by atoms with van der Waals surface area (Å²) in [5.41, 5.74) is -0.118. The van der Waals surface area contributed by atoms with Crippen molar-refractivity contribution in [3.8, 4) is 0 Å². The van der Waals surface area contributed by atoms with Gasteiger partial charge in [-0.15, -0.1) is 0 Å². The lowest BCUT2D eigenvalue weighted by molar-refractivity contribution is -0.129. The minimum Gasteiger partial charge on any atom is -0.444 e. The molecule has 0 N–H and O–H groups in total. The Bertz CT molecular complexity index is 687. The summed E-state index contributed by atoms with van der Waals surface area (Å²) in [6, 6.07) is -0.649. The van der Waals surface area contributed by atoms with Crippen LogP contribution in [0, 0.1) is 5.41 Å². The second kappa shape index (κ2) is 9.25. The van der Waals surface area contributed by atoms with E-state index in [0.717, 1.165) is 5.57 Å². The van der Waals surface area contributed by atoms with Gasteiger partial charge in [-0.1, -0.05) is 48.4 Å². The molecule has 1 aliphatic rings. The molecule has 1 heterocycles. The molecule has 2 atom stereocenters. The fourth-order valence-electron chi connectivity index (χ4n) is 3.27. The first-order valence-corrected chi connectivity index (χ1v) is 10.1. The van der Waals surface area contributed by atoms with E-state index in [9.17, 15) is 14.0 Å².